The Labute approximate surface area is 128 Å². The van der Waals surface area contributed by atoms with Crippen LogP contribution < -0.4 is 0 Å². The number of halogens is 1. The fraction of sp³-hybridized carbons (Fsp3) is 0.467. The predicted octanol–water partition coefficient (Wildman–Crippen LogP) is 2.27. The topological polar surface area (TPSA) is 62.4 Å². The van der Waals surface area contributed by atoms with Crippen LogP contribution in [0.4, 0.5) is 0 Å². The standard InChI is InChI=1S/C15H18ClN3O2/c16-13-6-2-1-4-11(13)8-14-17-15(21-18-14)10-19-7-3-5-12(20)9-19/h1-2,4,6,12,20H,3,5,7-10H2/t12-/m0/s1. The third-order valence-electron chi connectivity index (χ3n) is 3.66. The molecule has 0 saturated carbocycles. The van der Waals surface area contributed by atoms with Crippen molar-refractivity contribution in [3.63, 3.8) is 0 Å². The quantitative estimate of drug-likeness (QED) is 0.939. The Hall–Kier alpha value is -1.43. The van der Waals surface area contributed by atoms with Gasteiger partial charge in [0.05, 0.1) is 12.6 Å². The minimum atomic E-state index is -0.246. The van der Waals surface area contributed by atoms with Crippen LogP contribution in [-0.4, -0.2) is 39.3 Å². The highest BCUT2D eigenvalue weighted by molar-refractivity contribution is 6.31. The molecule has 1 fully saturated rings. The zero-order chi connectivity index (χ0) is 14.7. The summed E-state index contributed by atoms with van der Waals surface area (Å²) in [5.41, 5.74) is 0.986. The van der Waals surface area contributed by atoms with Crippen molar-refractivity contribution in [1.82, 2.24) is 15.0 Å². The van der Waals surface area contributed by atoms with Crippen molar-refractivity contribution in [3.05, 3.63) is 46.6 Å². The molecule has 0 unspecified atom stereocenters. The molecule has 1 aliphatic rings. The Bertz CT molecular complexity index is 602. The highest BCUT2D eigenvalue weighted by Crippen LogP contribution is 2.18. The molecule has 6 heteroatoms. The zero-order valence-electron chi connectivity index (χ0n) is 11.7. The van der Waals surface area contributed by atoms with Crippen molar-refractivity contribution in [2.75, 3.05) is 13.1 Å². The number of benzene rings is 1. The molecule has 1 aromatic heterocycles. The van der Waals surface area contributed by atoms with E-state index in [1.165, 1.54) is 0 Å². The van der Waals surface area contributed by atoms with E-state index in [1.54, 1.807) is 0 Å². The van der Waals surface area contributed by atoms with Gasteiger partial charge in [-0.3, -0.25) is 4.90 Å². The summed E-state index contributed by atoms with van der Waals surface area (Å²) in [6, 6.07) is 7.65. The van der Waals surface area contributed by atoms with E-state index < -0.39 is 0 Å². The first-order valence-corrected chi connectivity index (χ1v) is 7.54. The summed E-state index contributed by atoms with van der Waals surface area (Å²) in [5.74, 6) is 1.22. The second-order valence-corrected chi connectivity index (χ2v) is 5.81. The number of hydrogen-bond acceptors (Lipinski definition) is 5. The summed E-state index contributed by atoms with van der Waals surface area (Å²) in [7, 11) is 0. The Morgan fingerprint density at radius 3 is 3.05 bits per heavy atom. The van der Waals surface area contributed by atoms with E-state index in [0.29, 0.717) is 36.2 Å². The van der Waals surface area contributed by atoms with Crippen molar-refractivity contribution < 1.29 is 9.63 Å². The van der Waals surface area contributed by atoms with Gasteiger partial charge in [0.1, 0.15) is 0 Å². The number of nitrogens with zero attached hydrogens (tertiary/aromatic N) is 3. The molecular weight excluding hydrogens is 290 g/mol. The molecule has 2 heterocycles. The van der Waals surface area contributed by atoms with Gasteiger partial charge in [-0.2, -0.15) is 4.98 Å². The molecule has 1 aliphatic heterocycles. The fourth-order valence-corrected chi connectivity index (χ4v) is 2.81. The first-order valence-electron chi connectivity index (χ1n) is 7.16. The normalized spacial score (nSPS) is 19.8. The minimum absolute atomic E-state index is 0.246. The Morgan fingerprint density at radius 1 is 1.38 bits per heavy atom. The molecule has 5 nitrogen and oxygen atoms in total. The smallest absolute Gasteiger partial charge is 0.240 e. The first-order chi connectivity index (χ1) is 10.2. The zero-order valence-corrected chi connectivity index (χ0v) is 12.5. The van der Waals surface area contributed by atoms with Crippen molar-refractivity contribution in [2.45, 2.75) is 31.9 Å². The maximum atomic E-state index is 9.67. The van der Waals surface area contributed by atoms with E-state index in [1.807, 2.05) is 24.3 Å². The third-order valence-corrected chi connectivity index (χ3v) is 4.02. The summed E-state index contributed by atoms with van der Waals surface area (Å²) in [4.78, 5) is 6.55. The van der Waals surface area contributed by atoms with Crippen LogP contribution in [0, 0.1) is 0 Å². The van der Waals surface area contributed by atoms with Crippen LogP contribution in [0.3, 0.4) is 0 Å². The van der Waals surface area contributed by atoms with Crippen molar-refractivity contribution in [1.29, 1.82) is 0 Å². The van der Waals surface area contributed by atoms with E-state index in [2.05, 4.69) is 15.0 Å². The monoisotopic (exact) mass is 307 g/mol. The van der Waals surface area contributed by atoms with Crippen LogP contribution in [-0.2, 0) is 13.0 Å². The average Bonchev–Trinajstić information content (AvgIpc) is 2.89. The first kappa shape index (κ1) is 14.5. The Morgan fingerprint density at radius 2 is 2.24 bits per heavy atom. The van der Waals surface area contributed by atoms with E-state index in [-0.39, 0.29) is 6.10 Å². The lowest BCUT2D eigenvalue weighted by Gasteiger charge is -2.28. The van der Waals surface area contributed by atoms with Crippen molar-refractivity contribution in [2.24, 2.45) is 0 Å². The van der Waals surface area contributed by atoms with E-state index >= 15 is 0 Å². The Balaban J connectivity index is 1.62. The number of aliphatic hydroxyl groups excluding tert-OH is 1. The molecule has 0 amide bonds. The van der Waals surface area contributed by atoms with Crippen LogP contribution >= 0.6 is 11.6 Å². The van der Waals surface area contributed by atoms with Gasteiger partial charge in [0.25, 0.3) is 0 Å². The summed E-state index contributed by atoms with van der Waals surface area (Å²) < 4.78 is 5.29. The van der Waals surface area contributed by atoms with Gasteiger partial charge >= 0.3 is 0 Å². The van der Waals surface area contributed by atoms with Gasteiger partial charge in [-0.1, -0.05) is 35.0 Å². The number of aromatic nitrogens is 2. The molecular formula is C15H18ClN3O2. The Kier molecular flexibility index (Phi) is 4.53. The van der Waals surface area contributed by atoms with Crippen molar-refractivity contribution >= 4 is 11.6 Å². The number of piperidine rings is 1. The van der Waals surface area contributed by atoms with Gasteiger partial charge in [-0.15, -0.1) is 0 Å². The van der Waals surface area contributed by atoms with Crippen LogP contribution in [0.1, 0.15) is 30.1 Å². The molecule has 0 radical (unpaired) electrons. The fourth-order valence-electron chi connectivity index (χ4n) is 2.60. The van der Waals surface area contributed by atoms with Crippen molar-refractivity contribution in [3.8, 4) is 0 Å². The maximum Gasteiger partial charge on any atom is 0.240 e. The molecule has 3 rings (SSSR count). The molecule has 0 bridgehead atoms. The van der Waals surface area contributed by atoms with Crippen LogP contribution in [0.15, 0.2) is 28.8 Å². The summed E-state index contributed by atoms with van der Waals surface area (Å²) in [5, 5.41) is 14.4. The lowest BCUT2D eigenvalue weighted by atomic mass is 10.1. The van der Waals surface area contributed by atoms with Gasteiger partial charge in [-0.25, -0.2) is 0 Å². The number of rotatable bonds is 4. The number of likely N-dealkylation sites (tertiary alicyclic amines) is 1. The summed E-state index contributed by atoms with van der Waals surface area (Å²) in [6.07, 6.45) is 2.19. The number of hydrogen-bond donors (Lipinski definition) is 1. The van der Waals surface area contributed by atoms with Crippen LogP contribution in [0.2, 0.25) is 5.02 Å². The van der Waals surface area contributed by atoms with Gasteiger partial charge in [0.15, 0.2) is 5.82 Å². The second-order valence-electron chi connectivity index (χ2n) is 5.40. The SMILES string of the molecule is O[C@H]1CCCN(Cc2nc(Cc3ccccc3Cl)no2)C1. The highest BCUT2D eigenvalue weighted by atomic mass is 35.5. The molecule has 2 aromatic rings. The van der Waals surface area contributed by atoms with Gasteiger partial charge in [0, 0.05) is 18.0 Å². The van der Waals surface area contributed by atoms with Crippen LogP contribution in [0.25, 0.3) is 0 Å². The molecule has 1 aromatic carbocycles. The second kappa shape index (κ2) is 6.56. The van der Waals surface area contributed by atoms with E-state index in [4.69, 9.17) is 16.1 Å². The predicted molar refractivity (Wildman–Crippen MR) is 79.1 cm³/mol. The average molecular weight is 308 g/mol. The number of aliphatic hydroxyl groups is 1. The van der Waals surface area contributed by atoms with Gasteiger partial charge in [0.2, 0.25) is 5.89 Å². The largest absolute Gasteiger partial charge is 0.392 e. The molecule has 0 aliphatic carbocycles. The molecule has 1 N–H and O–H groups in total. The van der Waals surface area contributed by atoms with Gasteiger partial charge in [-0.05, 0) is 31.0 Å². The molecule has 1 atom stereocenters. The molecule has 0 spiro atoms. The third kappa shape index (κ3) is 3.81. The molecule has 112 valence electrons. The van der Waals surface area contributed by atoms with E-state index in [0.717, 1.165) is 24.9 Å². The summed E-state index contributed by atoms with van der Waals surface area (Å²) in [6.45, 7) is 2.22. The number of β-amino-alcohol motifs (C(OH)–C–C–N with tert-alkyl or cyclic N) is 1. The lowest BCUT2D eigenvalue weighted by Crippen LogP contribution is -2.37. The summed E-state index contributed by atoms with van der Waals surface area (Å²) >= 11 is 6.13. The highest BCUT2D eigenvalue weighted by Gasteiger charge is 2.20. The van der Waals surface area contributed by atoms with E-state index in [9.17, 15) is 5.11 Å². The molecule has 21 heavy (non-hydrogen) atoms. The molecule has 1 saturated heterocycles. The van der Waals surface area contributed by atoms with Crippen LogP contribution in [0.5, 0.6) is 0 Å². The lowest BCUT2D eigenvalue weighted by molar-refractivity contribution is 0.0613. The maximum absolute atomic E-state index is 9.67. The van der Waals surface area contributed by atoms with Gasteiger partial charge < -0.3 is 9.63 Å². The minimum Gasteiger partial charge on any atom is -0.392 e.